The highest BCUT2D eigenvalue weighted by atomic mass is 16.5. The van der Waals surface area contributed by atoms with Crippen molar-refractivity contribution in [3.63, 3.8) is 0 Å². The molecular formula is C22H22O2. The third-order valence-electron chi connectivity index (χ3n) is 4.08. The number of hydrogen-bond acceptors (Lipinski definition) is 2. The van der Waals surface area contributed by atoms with Crippen LogP contribution in [0.4, 0.5) is 0 Å². The summed E-state index contributed by atoms with van der Waals surface area (Å²) in [4.78, 5) is 0. The van der Waals surface area contributed by atoms with E-state index in [4.69, 9.17) is 9.47 Å². The highest BCUT2D eigenvalue weighted by Gasteiger charge is 2.07. The molecule has 0 saturated carbocycles. The Morgan fingerprint density at radius 2 is 1.21 bits per heavy atom. The molecule has 0 bridgehead atoms. The molecule has 2 nitrogen and oxygen atoms in total. The lowest BCUT2D eigenvalue weighted by Gasteiger charge is -2.14. The molecule has 0 amide bonds. The number of hydrogen-bond donors (Lipinski definition) is 0. The van der Waals surface area contributed by atoms with Crippen LogP contribution in [0.2, 0.25) is 0 Å². The van der Waals surface area contributed by atoms with Crippen LogP contribution in [0, 0.1) is 13.8 Å². The maximum absolute atomic E-state index is 6.02. The zero-order valence-electron chi connectivity index (χ0n) is 14.2. The van der Waals surface area contributed by atoms with Crippen LogP contribution in [0.3, 0.4) is 0 Å². The minimum atomic E-state index is 0.557. The molecule has 0 aliphatic rings. The average Bonchev–Trinajstić information content (AvgIpc) is 2.63. The third-order valence-corrected chi connectivity index (χ3v) is 4.08. The monoisotopic (exact) mass is 318 g/mol. The first-order chi connectivity index (χ1) is 11.7. The lowest BCUT2D eigenvalue weighted by Crippen LogP contribution is -2.00. The van der Waals surface area contributed by atoms with Gasteiger partial charge in [0.1, 0.15) is 24.7 Å². The van der Waals surface area contributed by atoms with Crippen molar-refractivity contribution in [1.82, 2.24) is 0 Å². The minimum Gasteiger partial charge on any atom is -0.489 e. The zero-order chi connectivity index (χ0) is 16.8. The molecule has 0 heterocycles. The van der Waals surface area contributed by atoms with Gasteiger partial charge < -0.3 is 9.47 Å². The van der Waals surface area contributed by atoms with Gasteiger partial charge in [0, 0.05) is 6.07 Å². The van der Waals surface area contributed by atoms with Crippen LogP contribution in [-0.2, 0) is 13.2 Å². The Morgan fingerprint density at radius 1 is 0.667 bits per heavy atom. The summed E-state index contributed by atoms with van der Waals surface area (Å²) in [6.45, 7) is 5.28. The van der Waals surface area contributed by atoms with Crippen molar-refractivity contribution in [2.45, 2.75) is 27.1 Å². The van der Waals surface area contributed by atoms with Gasteiger partial charge in [0.05, 0.1) is 0 Å². The van der Waals surface area contributed by atoms with E-state index in [-0.39, 0.29) is 0 Å². The van der Waals surface area contributed by atoms with Crippen LogP contribution in [-0.4, -0.2) is 0 Å². The molecule has 3 aromatic carbocycles. The van der Waals surface area contributed by atoms with Crippen LogP contribution < -0.4 is 9.47 Å². The van der Waals surface area contributed by atoms with Gasteiger partial charge >= 0.3 is 0 Å². The van der Waals surface area contributed by atoms with E-state index in [1.165, 1.54) is 5.56 Å². The van der Waals surface area contributed by atoms with E-state index in [0.29, 0.717) is 13.2 Å². The topological polar surface area (TPSA) is 18.5 Å². The Morgan fingerprint density at radius 3 is 1.79 bits per heavy atom. The Kier molecular flexibility index (Phi) is 5.17. The lowest BCUT2D eigenvalue weighted by molar-refractivity contribution is 0.288. The second kappa shape index (κ2) is 7.69. The quantitative estimate of drug-likeness (QED) is 0.600. The standard InChI is InChI=1S/C22H22O2/c1-17-13-21(23-15-19-9-5-3-6-10-19)14-22(18(17)2)24-16-20-11-7-4-8-12-20/h3-14H,15-16H2,1-2H3. The molecule has 2 heteroatoms. The van der Waals surface area contributed by atoms with E-state index in [0.717, 1.165) is 28.2 Å². The van der Waals surface area contributed by atoms with E-state index in [9.17, 15) is 0 Å². The van der Waals surface area contributed by atoms with E-state index in [1.807, 2.05) is 42.5 Å². The normalized spacial score (nSPS) is 10.4. The van der Waals surface area contributed by atoms with Gasteiger partial charge in [-0.2, -0.15) is 0 Å². The van der Waals surface area contributed by atoms with Crippen molar-refractivity contribution < 1.29 is 9.47 Å². The second-order valence-electron chi connectivity index (χ2n) is 5.91. The first-order valence-electron chi connectivity index (χ1n) is 8.17. The van der Waals surface area contributed by atoms with Crippen molar-refractivity contribution in [2.75, 3.05) is 0 Å². The maximum Gasteiger partial charge on any atom is 0.126 e. The largest absolute Gasteiger partial charge is 0.489 e. The predicted octanol–water partition coefficient (Wildman–Crippen LogP) is 5.46. The molecular weight excluding hydrogens is 296 g/mol. The molecule has 122 valence electrons. The fraction of sp³-hybridized carbons (Fsp3) is 0.182. The number of aryl methyl sites for hydroxylation is 1. The van der Waals surface area contributed by atoms with E-state index < -0.39 is 0 Å². The minimum absolute atomic E-state index is 0.557. The summed E-state index contributed by atoms with van der Waals surface area (Å²) in [7, 11) is 0. The third kappa shape index (κ3) is 4.17. The molecule has 0 atom stereocenters. The molecule has 0 spiro atoms. The van der Waals surface area contributed by atoms with Crippen molar-refractivity contribution in [3.8, 4) is 11.5 Å². The predicted molar refractivity (Wildman–Crippen MR) is 97.5 cm³/mol. The molecule has 3 aromatic rings. The van der Waals surface area contributed by atoms with E-state index in [2.05, 4.69) is 44.2 Å². The molecule has 24 heavy (non-hydrogen) atoms. The van der Waals surface area contributed by atoms with Crippen molar-refractivity contribution >= 4 is 0 Å². The van der Waals surface area contributed by atoms with Crippen LogP contribution >= 0.6 is 0 Å². The SMILES string of the molecule is Cc1cc(OCc2ccccc2)cc(OCc2ccccc2)c1C. The average molecular weight is 318 g/mol. The summed E-state index contributed by atoms with van der Waals surface area (Å²) in [5.41, 5.74) is 4.63. The highest BCUT2D eigenvalue weighted by molar-refractivity contribution is 5.45. The molecule has 0 radical (unpaired) electrons. The van der Waals surface area contributed by atoms with Gasteiger partial charge in [0.2, 0.25) is 0 Å². The molecule has 0 unspecified atom stereocenters. The Hall–Kier alpha value is -2.74. The van der Waals surface area contributed by atoms with Crippen LogP contribution in [0.25, 0.3) is 0 Å². The summed E-state index contributed by atoms with van der Waals surface area (Å²) in [6.07, 6.45) is 0. The van der Waals surface area contributed by atoms with E-state index in [1.54, 1.807) is 0 Å². The Labute approximate surface area is 143 Å². The first kappa shape index (κ1) is 16.1. The summed E-state index contributed by atoms with van der Waals surface area (Å²) in [5, 5.41) is 0. The Balaban J connectivity index is 1.71. The molecule has 0 aromatic heterocycles. The summed E-state index contributed by atoms with van der Waals surface area (Å²) >= 11 is 0. The van der Waals surface area contributed by atoms with Gasteiger partial charge in [-0.05, 0) is 42.2 Å². The van der Waals surface area contributed by atoms with Crippen molar-refractivity contribution in [2.24, 2.45) is 0 Å². The number of ether oxygens (including phenoxy) is 2. The van der Waals surface area contributed by atoms with Gasteiger partial charge in [-0.1, -0.05) is 60.7 Å². The van der Waals surface area contributed by atoms with E-state index >= 15 is 0 Å². The highest BCUT2D eigenvalue weighted by Crippen LogP contribution is 2.29. The van der Waals surface area contributed by atoms with Crippen LogP contribution in [0.15, 0.2) is 72.8 Å². The maximum atomic E-state index is 6.02. The molecule has 3 rings (SSSR count). The number of rotatable bonds is 6. The molecule has 0 saturated heterocycles. The smallest absolute Gasteiger partial charge is 0.126 e. The zero-order valence-corrected chi connectivity index (χ0v) is 14.2. The van der Waals surface area contributed by atoms with Gasteiger partial charge in [0.15, 0.2) is 0 Å². The number of benzene rings is 3. The van der Waals surface area contributed by atoms with Crippen molar-refractivity contribution in [3.05, 3.63) is 95.1 Å². The lowest BCUT2D eigenvalue weighted by atomic mass is 10.1. The summed E-state index contributed by atoms with van der Waals surface area (Å²) in [5.74, 6) is 1.71. The van der Waals surface area contributed by atoms with Crippen molar-refractivity contribution in [1.29, 1.82) is 0 Å². The molecule has 0 N–H and O–H groups in total. The van der Waals surface area contributed by atoms with Gasteiger partial charge in [0.25, 0.3) is 0 Å². The van der Waals surface area contributed by atoms with Gasteiger partial charge in [-0.25, -0.2) is 0 Å². The van der Waals surface area contributed by atoms with Gasteiger partial charge in [-0.3, -0.25) is 0 Å². The molecule has 0 aliphatic carbocycles. The summed E-state index contributed by atoms with van der Waals surface area (Å²) in [6, 6.07) is 24.4. The van der Waals surface area contributed by atoms with Crippen LogP contribution in [0.1, 0.15) is 22.3 Å². The van der Waals surface area contributed by atoms with Crippen LogP contribution in [0.5, 0.6) is 11.5 Å². The summed E-state index contributed by atoms with van der Waals surface area (Å²) < 4.78 is 12.0. The molecule has 0 fully saturated rings. The fourth-order valence-corrected chi connectivity index (χ4v) is 2.50. The fourth-order valence-electron chi connectivity index (χ4n) is 2.50. The Bertz CT molecular complexity index is 780. The first-order valence-corrected chi connectivity index (χ1v) is 8.17. The van der Waals surface area contributed by atoms with Gasteiger partial charge in [-0.15, -0.1) is 0 Å². The second-order valence-corrected chi connectivity index (χ2v) is 5.91. The molecule has 0 aliphatic heterocycles.